The number of rotatable bonds is 6. The van der Waals surface area contributed by atoms with Crippen molar-refractivity contribution in [2.45, 2.75) is 20.0 Å². The lowest BCUT2D eigenvalue weighted by molar-refractivity contribution is -0.660. The second kappa shape index (κ2) is 8.53. The summed E-state index contributed by atoms with van der Waals surface area (Å²) in [6, 6.07) is 14.7. The average Bonchev–Trinajstić information content (AvgIpc) is 2.78. The van der Waals surface area contributed by atoms with Crippen molar-refractivity contribution >= 4 is 28.4 Å². The zero-order valence-electron chi connectivity index (χ0n) is 17.5. The lowest BCUT2D eigenvalue weighted by atomic mass is 10.1. The van der Waals surface area contributed by atoms with E-state index >= 15 is 0 Å². The van der Waals surface area contributed by atoms with Crippen LogP contribution in [0, 0.1) is 6.92 Å². The van der Waals surface area contributed by atoms with Crippen LogP contribution in [0.3, 0.4) is 0 Å². The van der Waals surface area contributed by atoms with Crippen molar-refractivity contribution in [3.05, 3.63) is 81.8 Å². The highest BCUT2D eigenvalue weighted by Gasteiger charge is 2.24. The molecule has 0 aliphatic heterocycles. The molecule has 3 N–H and O–H groups in total. The minimum absolute atomic E-state index is 0.227. The Morgan fingerprint density at radius 3 is 2.74 bits per heavy atom. The molecule has 0 atom stereocenters. The zero-order valence-corrected chi connectivity index (χ0v) is 17.5. The van der Waals surface area contributed by atoms with Gasteiger partial charge in [0.05, 0.1) is 13.2 Å². The van der Waals surface area contributed by atoms with Crippen LogP contribution in [-0.2, 0) is 17.8 Å². The fourth-order valence-corrected chi connectivity index (χ4v) is 3.48. The standard InChI is InChI=1S/C23H23N5O3/c1-15-6-8-16(9-7-15)14-25-22(29)17-13-18-21(28(20(17)24)11-12-31-2)26-19-5-3-4-10-27(19)23(18)30/h3-10,13,24H,11-12,14H2,1-2H3,(H,25,29)/p+1. The summed E-state index contributed by atoms with van der Waals surface area (Å²) >= 11 is 0. The Morgan fingerprint density at radius 1 is 1.23 bits per heavy atom. The number of nitrogen functional groups attached to an aromatic ring is 1. The quantitative estimate of drug-likeness (QED) is 0.366. The molecular weight excluding hydrogens is 394 g/mol. The minimum atomic E-state index is -0.358. The van der Waals surface area contributed by atoms with Crippen LogP contribution in [0.2, 0.25) is 0 Å². The third-order valence-electron chi connectivity index (χ3n) is 5.20. The van der Waals surface area contributed by atoms with Gasteiger partial charge in [-0.05, 0) is 30.7 Å². The average molecular weight is 418 g/mol. The normalized spacial score (nSPS) is 11.2. The molecule has 3 heterocycles. The molecule has 0 saturated carbocycles. The van der Waals surface area contributed by atoms with Gasteiger partial charge in [0.25, 0.3) is 17.1 Å². The summed E-state index contributed by atoms with van der Waals surface area (Å²) in [6.07, 6.45) is 1.65. The number of nitrogens with zero attached hydrogens (tertiary/aromatic N) is 3. The highest BCUT2D eigenvalue weighted by Crippen LogP contribution is 2.15. The van der Waals surface area contributed by atoms with Crippen LogP contribution in [0.1, 0.15) is 21.5 Å². The molecule has 0 bridgehead atoms. The third-order valence-corrected chi connectivity index (χ3v) is 5.20. The van der Waals surface area contributed by atoms with Gasteiger partial charge in [-0.25, -0.2) is 4.57 Å². The Labute approximate surface area is 178 Å². The summed E-state index contributed by atoms with van der Waals surface area (Å²) < 4.78 is 8.31. The van der Waals surface area contributed by atoms with Gasteiger partial charge in [0, 0.05) is 19.9 Å². The molecule has 31 heavy (non-hydrogen) atoms. The number of carbonyl (C=O) groups excluding carboxylic acids is 1. The fourth-order valence-electron chi connectivity index (χ4n) is 3.48. The van der Waals surface area contributed by atoms with Gasteiger partial charge in [-0.2, -0.15) is 0 Å². The number of benzene rings is 1. The molecule has 0 fully saturated rings. The van der Waals surface area contributed by atoms with Crippen molar-refractivity contribution in [3.63, 3.8) is 0 Å². The van der Waals surface area contributed by atoms with Gasteiger partial charge in [-0.1, -0.05) is 40.9 Å². The molecular formula is C23H24N5O3+. The maximum Gasteiger partial charge on any atom is 0.278 e. The van der Waals surface area contributed by atoms with Crippen LogP contribution < -0.4 is 21.2 Å². The van der Waals surface area contributed by atoms with E-state index in [0.717, 1.165) is 11.1 Å². The highest BCUT2D eigenvalue weighted by molar-refractivity contribution is 6.00. The second-order valence-electron chi connectivity index (χ2n) is 7.34. The number of anilines is 1. The number of amides is 1. The molecule has 0 aliphatic rings. The smallest absolute Gasteiger partial charge is 0.278 e. The number of nitrogens with one attached hydrogen (secondary N) is 1. The van der Waals surface area contributed by atoms with E-state index in [-0.39, 0.29) is 22.8 Å². The Hall–Kier alpha value is -3.78. The first kappa shape index (κ1) is 20.5. The Kier molecular flexibility index (Phi) is 5.64. The van der Waals surface area contributed by atoms with E-state index in [9.17, 15) is 9.59 Å². The summed E-state index contributed by atoms with van der Waals surface area (Å²) in [6.45, 7) is 3.07. The first-order chi connectivity index (χ1) is 15.0. The van der Waals surface area contributed by atoms with Gasteiger partial charge >= 0.3 is 0 Å². The van der Waals surface area contributed by atoms with E-state index in [4.69, 9.17) is 10.5 Å². The molecule has 3 aromatic heterocycles. The van der Waals surface area contributed by atoms with Crippen molar-refractivity contribution in [2.24, 2.45) is 0 Å². The van der Waals surface area contributed by atoms with Gasteiger partial charge < -0.3 is 15.8 Å². The summed E-state index contributed by atoms with van der Waals surface area (Å²) in [5, 5.41) is 3.20. The number of hydrogen-bond acceptors (Lipinski definition) is 5. The van der Waals surface area contributed by atoms with Gasteiger partial charge in [0.15, 0.2) is 0 Å². The largest absolute Gasteiger partial charge is 0.381 e. The van der Waals surface area contributed by atoms with Gasteiger partial charge in [0.2, 0.25) is 11.5 Å². The first-order valence-electron chi connectivity index (χ1n) is 9.95. The third kappa shape index (κ3) is 3.97. The Balaban J connectivity index is 1.80. The number of fused-ring (bicyclic) bond motifs is 2. The molecule has 0 unspecified atom stereocenters. The van der Waals surface area contributed by atoms with Crippen molar-refractivity contribution in [3.8, 4) is 0 Å². The first-order valence-corrected chi connectivity index (χ1v) is 9.95. The maximum atomic E-state index is 13.1. The zero-order chi connectivity index (χ0) is 22.0. The number of aromatic nitrogens is 3. The fraction of sp³-hybridized carbons (Fsp3) is 0.217. The number of hydrogen-bond donors (Lipinski definition) is 2. The van der Waals surface area contributed by atoms with Gasteiger partial charge in [0.1, 0.15) is 10.9 Å². The predicted octanol–water partition coefficient (Wildman–Crippen LogP) is 1.60. The minimum Gasteiger partial charge on any atom is -0.381 e. The van der Waals surface area contributed by atoms with Crippen molar-refractivity contribution in [1.82, 2.24) is 14.7 Å². The van der Waals surface area contributed by atoms with Crippen molar-refractivity contribution in [2.75, 3.05) is 19.5 Å². The topological polar surface area (TPSA) is 103 Å². The van der Waals surface area contributed by atoms with E-state index in [1.165, 1.54) is 10.5 Å². The molecule has 0 saturated heterocycles. The van der Waals surface area contributed by atoms with Crippen LogP contribution >= 0.6 is 0 Å². The summed E-state index contributed by atoms with van der Waals surface area (Å²) in [5.74, 6) is -0.123. The van der Waals surface area contributed by atoms with Crippen molar-refractivity contribution in [1.29, 1.82) is 0 Å². The maximum absolute atomic E-state index is 13.1. The predicted molar refractivity (Wildman–Crippen MR) is 118 cm³/mol. The van der Waals surface area contributed by atoms with E-state index < -0.39 is 0 Å². The van der Waals surface area contributed by atoms with Crippen LogP contribution in [0.25, 0.3) is 16.7 Å². The monoisotopic (exact) mass is 418 g/mol. The molecule has 158 valence electrons. The van der Waals surface area contributed by atoms with E-state index in [0.29, 0.717) is 36.4 Å². The number of aryl methyl sites for hydroxylation is 1. The Bertz CT molecular complexity index is 1330. The molecule has 1 aromatic carbocycles. The van der Waals surface area contributed by atoms with Crippen LogP contribution in [0.15, 0.2) is 59.5 Å². The number of pyridine rings is 2. The SMILES string of the molecule is COCC[n+]1c(N)c(C(=O)NCc2ccc(C)cc2)cc2c(=O)n3ccccc3nc21. The molecule has 4 aromatic rings. The van der Waals surface area contributed by atoms with Gasteiger partial charge in [-0.3, -0.25) is 14.0 Å². The lowest BCUT2D eigenvalue weighted by Crippen LogP contribution is -2.44. The second-order valence-corrected chi connectivity index (χ2v) is 7.34. The number of ether oxygens (including phenoxy) is 1. The molecule has 4 rings (SSSR count). The molecule has 0 spiro atoms. The van der Waals surface area contributed by atoms with Crippen molar-refractivity contribution < 1.29 is 14.1 Å². The highest BCUT2D eigenvalue weighted by atomic mass is 16.5. The van der Waals surface area contributed by atoms with Crippen LogP contribution in [-0.4, -0.2) is 29.0 Å². The summed E-state index contributed by atoms with van der Waals surface area (Å²) in [7, 11) is 1.58. The summed E-state index contributed by atoms with van der Waals surface area (Å²) in [4.78, 5) is 30.7. The van der Waals surface area contributed by atoms with E-state index in [1.807, 2.05) is 37.3 Å². The molecule has 8 heteroatoms. The van der Waals surface area contributed by atoms with E-state index in [2.05, 4.69) is 10.3 Å². The molecule has 1 amide bonds. The number of methoxy groups -OCH3 is 1. The molecule has 0 aliphatic carbocycles. The van der Waals surface area contributed by atoms with E-state index in [1.54, 1.807) is 30.0 Å². The number of nitrogens with two attached hydrogens (primary N) is 1. The van der Waals surface area contributed by atoms with Crippen LogP contribution in [0.5, 0.6) is 0 Å². The van der Waals surface area contributed by atoms with Gasteiger partial charge in [-0.15, -0.1) is 0 Å². The lowest BCUT2D eigenvalue weighted by Gasteiger charge is -2.12. The van der Waals surface area contributed by atoms with Crippen LogP contribution in [0.4, 0.5) is 5.82 Å². The summed E-state index contributed by atoms with van der Waals surface area (Å²) in [5.41, 5.74) is 9.37. The number of carbonyl (C=O) groups is 1. The molecule has 0 radical (unpaired) electrons. The molecule has 8 nitrogen and oxygen atoms in total. The Morgan fingerprint density at radius 2 is 2.00 bits per heavy atom.